The molecule has 0 N–H and O–H groups in total. The van der Waals surface area contributed by atoms with E-state index in [-0.39, 0.29) is 5.41 Å². The van der Waals surface area contributed by atoms with Gasteiger partial charge in [0.25, 0.3) is 0 Å². The summed E-state index contributed by atoms with van der Waals surface area (Å²) < 4.78 is 2.64. The lowest BCUT2D eigenvalue weighted by Crippen LogP contribution is -2.16. The molecule has 2 heteroatoms. The van der Waals surface area contributed by atoms with E-state index >= 15 is 0 Å². The molecule has 0 spiro atoms. The normalized spacial score (nSPS) is 14.2. The van der Waals surface area contributed by atoms with Gasteiger partial charge in [-0.1, -0.05) is 129 Å². The largest absolute Gasteiger partial charge is 0.310 e. The molecule has 0 aliphatic heterocycles. The molecule has 0 fully saturated rings. The van der Waals surface area contributed by atoms with Gasteiger partial charge in [0.1, 0.15) is 0 Å². The quantitative estimate of drug-likeness (QED) is 0.184. The Morgan fingerprint density at radius 2 is 1.41 bits per heavy atom. The molecule has 234 valence electrons. The molecule has 10 rings (SSSR count). The zero-order valence-corrected chi connectivity index (χ0v) is 28.5. The molecule has 2 aliphatic carbocycles. The van der Waals surface area contributed by atoms with E-state index in [1.807, 2.05) is 11.3 Å². The molecule has 49 heavy (non-hydrogen) atoms. The van der Waals surface area contributed by atoms with Crippen molar-refractivity contribution in [2.45, 2.75) is 32.1 Å². The van der Waals surface area contributed by atoms with Crippen LogP contribution in [0.4, 0.5) is 17.1 Å². The smallest absolute Gasteiger partial charge is 0.0543 e. The van der Waals surface area contributed by atoms with E-state index in [1.54, 1.807) is 0 Å². The third-order valence-corrected chi connectivity index (χ3v) is 12.0. The van der Waals surface area contributed by atoms with Gasteiger partial charge in [0.15, 0.2) is 0 Å². The Balaban J connectivity index is 1.17. The molecule has 0 atom stereocenters. The van der Waals surface area contributed by atoms with Gasteiger partial charge in [-0.15, -0.1) is 11.3 Å². The van der Waals surface area contributed by atoms with Crippen molar-refractivity contribution in [2.75, 3.05) is 4.90 Å². The lowest BCUT2D eigenvalue weighted by Gasteiger charge is -2.29. The van der Waals surface area contributed by atoms with Crippen molar-refractivity contribution in [3.05, 3.63) is 168 Å². The summed E-state index contributed by atoms with van der Waals surface area (Å²) in [5.41, 5.74) is 14.2. The highest BCUT2D eigenvalue weighted by Crippen LogP contribution is 2.54. The van der Waals surface area contributed by atoms with Crippen LogP contribution >= 0.6 is 11.3 Å². The van der Waals surface area contributed by atoms with Crippen molar-refractivity contribution < 1.29 is 0 Å². The second-order valence-electron chi connectivity index (χ2n) is 14.0. The summed E-state index contributed by atoms with van der Waals surface area (Å²) in [7, 11) is 0. The highest BCUT2D eigenvalue weighted by atomic mass is 32.1. The first kappa shape index (κ1) is 28.6. The van der Waals surface area contributed by atoms with Gasteiger partial charge in [-0.25, -0.2) is 0 Å². The van der Waals surface area contributed by atoms with Crippen molar-refractivity contribution in [2.24, 2.45) is 0 Å². The standard InChI is InChI=1S/C47H35NS/c1-47(2)40-15-8-7-14-38(40)46-41(47)16-9-17-42(46)48(35-23-20-31(21-24-35)34-19-18-30-10-3-4-12-33(30)28-34)36-25-26-39-44(29-36)49-43-27-22-32-11-5-6-13-37(32)45(39)43/h3,5-11,13-29H,4,12H2,1-2H3. The number of hydrogen-bond donors (Lipinski definition) is 0. The molecule has 1 aromatic heterocycles. The molecule has 8 aromatic rings. The van der Waals surface area contributed by atoms with Crippen LogP contribution in [0.25, 0.3) is 59.3 Å². The van der Waals surface area contributed by atoms with Crippen molar-refractivity contribution in [1.29, 1.82) is 0 Å². The molecule has 0 bridgehead atoms. The molecule has 2 aliphatic rings. The molecule has 7 aromatic carbocycles. The van der Waals surface area contributed by atoms with E-state index in [2.05, 4.69) is 170 Å². The van der Waals surface area contributed by atoms with Gasteiger partial charge in [-0.3, -0.25) is 0 Å². The van der Waals surface area contributed by atoms with Crippen LogP contribution in [0.2, 0.25) is 0 Å². The zero-order valence-electron chi connectivity index (χ0n) is 27.7. The summed E-state index contributed by atoms with van der Waals surface area (Å²) in [4.78, 5) is 2.49. The van der Waals surface area contributed by atoms with Gasteiger partial charge in [-0.2, -0.15) is 0 Å². The van der Waals surface area contributed by atoms with Gasteiger partial charge in [-0.05, 0) is 99.0 Å². The predicted molar refractivity (Wildman–Crippen MR) is 212 cm³/mol. The summed E-state index contributed by atoms with van der Waals surface area (Å²) in [6.45, 7) is 4.73. The first-order valence-corrected chi connectivity index (χ1v) is 18.1. The fourth-order valence-electron chi connectivity index (χ4n) is 8.44. The fourth-order valence-corrected chi connectivity index (χ4v) is 9.59. The van der Waals surface area contributed by atoms with Crippen LogP contribution in [-0.2, 0) is 11.8 Å². The number of thiophene rings is 1. The van der Waals surface area contributed by atoms with E-state index in [1.165, 1.54) is 86.8 Å². The lowest BCUT2D eigenvalue weighted by atomic mass is 9.82. The Kier molecular flexibility index (Phi) is 6.29. The highest BCUT2D eigenvalue weighted by Gasteiger charge is 2.37. The summed E-state index contributed by atoms with van der Waals surface area (Å²) in [6.07, 6.45) is 6.77. The van der Waals surface area contributed by atoms with E-state index in [4.69, 9.17) is 0 Å². The Morgan fingerprint density at radius 3 is 2.33 bits per heavy atom. The van der Waals surface area contributed by atoms with E-state index < -0.39 is 0 Å². The third-order valence-electron chi connectivity index (χ3n) is 10.9. The van der Waals surface area contributed by atoms with Crippen molar-refractivity contribution in [3.63, 3.8) is 0 Å². The molecular formula is C47H35NS. The monoisotopic (exact) mass is 645 g/mol. The number of anilines is 3. The predicted octanol–water partition coefficient (Wildman–Crippen LogP) is 13.6. The maximum atomic E-state index is 2.49. The van der Waals surface area contributed by atoms with Crippen LogP contribution in [-0.4, -0.2) is 0 Å². The average Bonchev–Trinajstić information content (AvgIpc) is 3.64. The number of nitrogens with zero attached hydrogens (tertiary/aromatic N) is 1. The number of rotatable bonds is 4. The molecule has 0 unspecified atom stereocenters. The summed E-state index contributed by atoms with van der Waals surface area (Å²) >= 11 is 1.89. The van der Waals surface area contributed by atoms with E-state index in [0.717, 1.165) is 18.5 Å². The first-order chi connectivity index (χ1) is 24.0. The zero-order chi connectivity index (χ0) is 32.7. The Morgan fingerprint density at radius 1 is 0.612 bits per heavy atom. The molecule has 1 heterocycles. The number of allylic oxidation sites excluding steroid dienone is 1. The van der Waals surface area contributed by atoms with Crippen LogP contribution in [0, 0.1) is 0 Å². The fraction of sp³-hybridized carbons (Fsp3) is 0.106. The second kappa shape index (κ2) is 10.8. The van der Waals surface area contributed by atoms with Crippen molar-refractivity contribution in [3.8, 4) is 22.3 Å². The maximum absolute atomic E-state index is 2.49. The maximum Gasteiger partial charge on any atom is 0.0543 e. The van der Waals surface area contributed by atoms with Crippen LogP contribution in [0.1, 0.15) is 42.5 Å². The molecule has 0 saturated carbocycles. The Labute approximate surface area is 291 Å². The van der Waals surface area contributed by atoms with E-state index in [0.29, 0.717) is 0 Å². The third kappa shape index (κ3) is 4.37. The van der Waals surface area contributed by atoms with Crippen molar-refractivity contribution >= 4 is 65.4 Å². The Bertz CT molecular complexity index is 2640. The molecule has 0 saturated heterocycles. The Hall–Kier alpha value is -5.44. The van der Waals surface area contributed by atoms with Crippen LogP contribution in [0.3, 0.4) is 0 Å². The summed E-state index contributed by atoms with van der Waals surface area (Å²) in [5, 5.41) is 5.29. The van der Waals surface area contributed by atoms with E-state index in [9.17, 15) is 0 Å². The lowest BCUT2D eigenvalue weighted by molar-refractivity contribution is 0.660. The minimum atomic E-state index is -0.0738. The van der Waals surface area contributed by atoms with Gasteiger partial charge in [0, 0.05) is 42.5 Å². The highest BCUT2D eigenvalue weighted by molar-refractivity contribution is 7.26. The number of aryl methyl sites for hydroxylation is 1. The number of hydrogen-bond acceptors (Lipinski definition) is 2. The van der Waals surface area contributed by atoms with Crippen LogP contribution < -0.4 is 4.90 Å². The molecule has 0 radical (unpaired) electrons. The topological polar surface area (TPSA) is 3.24 Å². The average molecular weight is 646 g/mol. The number of benzene rings is 7. The van der Waals surface area contributed by atoms with Gasteiger partial charge in [0.05, 0.1) is 5.69 Å². The SMILES string of the molecule is CC1(C)c2ccccc2-c2c(N(c3ccc(-c4ccc5c(c4)CCC=C5)cc3)c3ccc4c(c3)sc3ccc5ccccc5c34)cccc21. The molecule has 0 amide bonds. The van der Waals surface area contributed by atoms with Gasteiger partial charge in [0.2, 0.25) is 0 Å². The first-order valence-electron chi connectivity index (χ1n) is 17.3. The second-order valence-corrected chi connectivity index (χ2v) is 15.1. The van der Waals surface area contributed by atoms with Crippen LogP contribution in [0.5, 0.6) is 0 Å². The minimum Gasteiger partial charge on any atom is -0.310 e. The molecule has 1 nitrogen and oxygen atoms in total. The van der Waals surface area contributed by atoms with Gasteiger partial charge >= 0.3 is 0 Å². The van der Waals surface area contributed by atoms with Crippen molar-refractivity contribution in [1.82, 2.24) is 0 Å². The summed E-state index contributed by atoms with van der Waals surface area (Å²) in [6, 6.07) is 52.4. The van der Waals surface area contributed by atoms with Crippen LogP contribution in [0.15, 0.2) is 146 Å². The minimum absolute atomic E-state index is 0.0738. The summed E-state index contributed by atoms with van der Waals surface area (Å²) in [5.74, 6) is 0. The molecular weight excluding hydrogens is 611 g/mol. The van der Waals surface area contributed by atoms with Gasteiger partial charge < -0.3 is 4.90 Å². The number of fused-ring (bicyclic) bond motifs is 9.